The number of aryl methyl sites for hydroxylation is 1. The molecular weight excluding hydrogens is 568 g/mol. The van der Waals surface area contributed by atoms with Crippen LogP contribution < -0.4 is 16.3 Å². The first-order chi connectivity index (χ1) is 21.7. The second-order valence-electron chi connectivity index (χ2n) is 13.7. The van der Waals surface area contributed by atoms with Gasteiger partial charge in [-0.1, -0.05) is 13.0 Å². The van der Waals surface area contributed by atoms with Gasteiger partial charge in [-0.25, -0.2) is 4.79 Å². The highest BCUT2D eigenvalue weighted by Crippen LogP contribution is 2.35. The molecule has 0 bridgehead atoms. The average Bonchev–Trinajstić information content (AvgIpc) is 3.48. The average molecular weight is 627 g/mol. The van der Waals surface area contributed by atoms with Crippen molar-refractivity contribution in [2.75, 3.05) is 54.0 Å². The van der Waals surface area contributed by atoms with Gasteiger partial charge in [0.2, 0.25) is 5.91 Å². The van der Waals surface area contributed by atoms with E-state index in [0.717, 1.165) is 68.7 Å². The standard InChI is InChI=1S/C35H58N6O4/c1-7-35(2)17-12-29(39(35)6)25-45-22-16-27(13-18-36-3)28-14-19-40(20-15-28)24-26-10-11-30-32(23-26)38(5)34(44)41(30)31(9-8-21-42)33(43)37-4/h10-11,21,23,27-29,31,36H,7-9,12-20,22,24-25H2,1-6H3,(H,37,43)/t27?,29?,31?,35-/m0/s1. The summed E-state index contributed by atoms with van der Waals surface area (Å²) in [5, 5.41) is 6.02. The van der Waals surface area contributed by atoms with Crippen LogP contribution in [0.3, 0.4) is 0 Å². The van der Waals surface area contributed by atoms with Crippen molar-refractivity contribution in [2.24, 2.45) is 18.9 Å². The molecule has 4 atom stereocenters. The predicted molar refractivity (Wildman–Crippen MR) is 181 cm³/mol. The van der Waals surface area contributed by atoms with Crippen LogP contribution in [0.4, 0.5) is 0 Å². The van der Waals surface area contributed by atoms with E-state index in [1.807, 2.05) is 13.1 Å². The van der Waals surface area contributed by atoms with Gasteiger partial charge in [0, 0.05) is 45.2 Å². The SMILES string of the molecule is CC[C@@]1(C)CCC(COCCC(CCNC)C2CCN(Cc3ccc4c(c3)n(C)c(=O)n4C(CCC=O)C(=O)NC)CC2)N1C. The van der Waals surface area contributed by atoms with Crippen molar-refractivity contribution in [3.63, 3.8) is 0 Å². The van der Waals surface area contributed by atoms with E-state index in [0.29, 0.717) is 23.4 Å². The number of rotatable bonds is 17. The Kier molecular flexibility index (Phi) is 12.8. The zero-order chi connectivity index (χ0) is 32.6. The third-order valence-electron chi connectivity index (χ3n) is 11.2. The number of nitrogens with one attached hydrogen (secondary N) is 2. The topological polar surface area (TPSA) is 101 Å². The van der Waals surface area contributed by atoms with Gasteiger partial charge in [-0.3, -0.25) is 23.7 Å². The Balaban J connectivity index is 1.33. The van der Waals surface area contributed by atoms with Gasteiger partial charge in [0.1, 0.15) is 12.3 Å². The van der Waals surface area contributed by atoms with Crippen LogP contribution in [0.5, 0.6) is 0 Å². The maximum atomic E-state index is 13.2. The third kappa shape index (κ3) is 8.25. The number of piperidine rings is 1. The molecule has 0 radical (unpaired) electrons. The van der Waals surface area contributed by atoms with Gasteiger partial charge in [-0.05, 0) is 122 Å². The zero-order valence-electron chi connectivity index (χ0n) is 28.6. The lowest BCUT2D eigenvalue weighted by Crippen LogP contribution is -2.43. The molecule has 10 nitrogen and oxygen atoms in total. The van der Waals surface area contributed by atoms with Crippen LogP contribution in [-0.2, 0) is 27.9 Å². The third-order valence-corrected chi connectivity index (χ3v) is 11.2. The van der Waals surface area contributed by atoms with Crippen molar-refractivity contribution in [3.05, 3.63) is 34.2 Å². The highest BCUT2D eigenvalue weighted by molar-refractivity contribution is 5.84. The molecule has 2 N–H and O–H groups in total. The molecular formula is C35H58N6O4. The molecule has 2 aromatic rings. The number of ether oxygens (including phenoxy) is 1. The van der Waals surface area contributed by atoms with Crippen molar-refractivity contribution in [1.82, 2.24) is 29.6 Å². The van der Waals surface area contributed by atoms with Crippen molar-refractivity contribution >= 4 is 23.2 Å². The summed E-state index contributed by atoms with van der Waals surface area (Å²) in [5.41, 5.74) is 2.77. The molecule has 3 heterocycles. The zero-order valence-corrected chi connectivity index (χ0v) is 28.6. The van der Waals surface area contributed by atoms with E-state index >= 15 is 0 Å². The number of aromatic nitrogens is 2. The van der Waals surface area contributed by atoms with Crippen molar-refractivity contribution in [3.8, 4) is 0 Å². The van der Waals surface area contributed by atoms with Crippen LogP contribution in [0, 0.1) is 11.8 Å². The molecule has 0 aliphatic carbocycles. The van der Waals surface area contributed by atoms with Crippen LogP contribution >= 0.6 is 0 Å². The van der Waals surface area contributed by atoms with Gasteiger partial charge < -0.3 is 20.2 Å². The fourth-order valence-corrected chi connectivity index (χ4v) is 7.73. The van der Waals surface area contributed by atoms with Gasteiger partial charge in [-0.15, -0.1) is 0 Å². The summed E-state index contributed by atoms with van der Waals surface area (Å²) in [6.07, 6.45) is 9.67. The lowest BCUT2D eigenvalue weighted by atomic mass is 9.80. The van der Waals surface area contributed by atoms with Crippen LogP contribution in [0.1, 0.15) is 83.2 Å². The molecule has 2 aliphatic heterocycles. The number of carbonyl (C=O) groups excluding carboxylic acids is 2. The summed E-state index contributed by atoms with van der Waals surface area (Å²) in [6, 6.07) is 5.92. The number of nitrogens with zero attached hydrogens (tertiary/aromatic N) is 4. The van der Waals surface area contributed by atoms with Gasteiger partial charge in [0.05, 0.1) is 17.6 Å². The van der Waals surface area contributed by atoms with Crippen molar-refractivity contribution in [2.45, 2.75) is 95.8 Å². The van der Waals surface area contributed by atoms with Crippen LogP contribution in [0.25, 0.3) is 11.0 Å². The first kappa shape index (κ1) is 35.3. The maximum Gasteiger partial charge on any atom is 0.329 e. The number of hydrogen-bond acceptors (Lipinski definition) is 7. The van der Waals surface area contributed by atoms with Crippen LogP contribution in [-0.4, -0.2) is 96.7 Å². The number of carbonyl (C=O) groups is 2. The Bertz CT molecular complexity index is 1320. The molecule has 1 aromatic carbocycles. The second-order valence-corrected chi connectivity index (χ2v) is 13.7. The normalized spacial score (nSPS) is 23.0. The smallest absolute Gasteiger partial charge is 0.329 e. The van der Waals surface area contributed by atoms with E-state index in [1.165, 1.54) is 43.1 Å². The highest BCUT2D eigenvalue weighted by atomic mass is 16.5. The van der Waals surface area contributed by atoms with Crippen LogP contribution in [0.2, 0.25) is 0 Å². The van der Waals surface area contributed by atoms with Gasteiger partial charge in [-0.2, -0.15) is 0 Å². The summed E-state index contributed by atoms with van der Waals surface area (Å²) in [4.78, 5) is 42.0. The van der Waals surface area contributed by atoms with Gasteiger partial charge in [0.15, 0.2) is 0 Å². The molecule has 45 heavy (non-hydrogen) atoms. The van der Waals surface area contributed by atoms with Crippen molar-refractivity contribution < 1.29 is 14.3 Å². The van der Waals surface area contributed by atoms with Gasteiger partial charge in [0.25, 0.3) is 0 Å². The fourth-order valence-electron chi connectivity index (χ4n) is 7.73. The number of likely N-dealkylation sites (tertiary alicyclic amines) is 2. The van der Waals surface area contributed by atoms with E-state index in [2.05, 4.69) is 53.5 Å². The van der Waals surface area contributed by atoms with E-state index in [9.17, 15) is 14.4 Å². The van der Waals surface area contributed by atoms with Gasteiger partial charge >= 0.3 is 5.69 Å². The Morgan fingerprint density at radius 2 is 1.87 bits per heavy atom. The molecule has 2 aliphatic rings. The first-order valence-electron chi connectivity index (χ1n) is 17.2. The Morgan fingerprint density at radius 1 is 1.11 bits per heavy atom. The minimum absolute atomic E-state index is 0.217. The first-order valence-corrected chi connectivity index (χ1v) is 17.2. The summed E-state index contributed by atoms with van der Waals surface area (Å²) < 4.78 is 9.45. The molecule has 3 unspecified atom stereocenters. The summed E-state index contributed by atoms with van der Waals surface area (Å²) in [6.45, 7) is 10.4. The molecule has 10 heteroatoms. The fraction of sp³-hybridized carbons (Fsp3) is 0.743. The molecule has 1 aromatic heterocycles. The van der Waals surface area contributed by atoms with E-state index in [4.69, 9.17) is 4.74 Å². The number of fused-ring (bicyclic) bond motifs is 1. The van der Waals surface area contributed by atoms with E-state index < -0.39 is 6.04 Å². The predicted octanol–water partition coefficient (Wildman–Crippen LogP) is 3.71. The molecule has 0 saturated carbocycles. The second kappa shape index (κ2) is 16.3. The number of imidazole rings is 1. The summed E-state index contributed by atoms with van der Waals surface area (Å²) in [7, 11) is 7.62. The molecule has 0 spiro atoms. The number of hydrogen-bond donors (Lipinski definition) is 2. The quantitative estimate of drug-likeness (QED) is 0.204. The molecule has 2 fully saturated rings. The highest BCUT2D eigenvalue weighted by Gasteiger charge is 2.38. The summed E-state index contributed by atoms with van der Waals surface area (Å²) in [5.74, 6) is 1.11. The minimum atomic E-state index is -0.719. The van der Waals surface area contributed by atoms with Crippen LogP contribution in [0.15, 0.2) is 23.0 Å². The van der Waals surface area contributed by atoms with E-state index in [-0.39, 0.29) is 24.4 Å². The molecule has 252 valence electrons. The minimum Gasteiger partial charge on any atom is -0.380 e. The Labute approximate surface area is 269 Å². The lowest BCUT2D eigenvalue weighted by Gasteiger charge is -2.36. The largest absolute Gasteiger partial charge is 0.380 e. The van der Waals surface area contributed by atoms with Crippen molar-refractivity contribution in [1.29, 1.82) is 0 Å². The number of benzene rings is 1. The number of likely N-dealkylation sites (N-methyl/N-ethyl adjacent to an activating group) is 2. The summed E-state index contributed by atoms with van der Waals surface area (Å²) >= 11 is 0. The molecule has 1 amide bonds. The monoisotopic (exact) mass is 626 g/mol. The molecule has 2 saturated heterocycles. The lowest BCUT2D eigenvalue weighted by molar-refractivity contribution is -0.124. The van der Waals surface area contributed by atoms with E-state index in [1.54, 1.807) is 18.7 Å². The Hall–Kier alpha value is -2.53. The number of amides is 1. The number of aldehydes is 1. The Morgan fingerprint density at radius 3 is 2.51 bits per heavy atom. The molecule has 4 rings (SSSR count). The maximum absolute atomic E-state index is 13.2.